The highest BCUT2D eigenvalue weighted by Crippen LogP contribution is 2.27. The van der Waals surface area contributed by atoms with Crippen molar-refractivity contribution in [3.05, 3.63) is 52.3 Å². The molecule has 0 aliphatic carbocycles. The van der Waals surface area contributed by atoms with Crippen LogP contribution in [0.3, 0.4) is 0 Å². The molecular formula is C14H15NO2S. The standard InChI is InChI=1S/C14H15NO2S/c1-2-17-13-6-4-3-5-11(13)12-8-7-10(9-18)14(16)15-12/h3-8,18H,2,9H2,1H3,(H,15,16). The van der Waals surface area contributed by atoms with Gasteiger partial charge in [0.2, 0.25) is 0 Å². The Morgan fingerprint density at radius 2 is 2.00 bits per heavy atom. The van der Waals surface area contributed by atoms with Crippen molar-refractivity contribution in [2.75, 3.05) is 6.61 Å². The number of hydrogen-bond acceptors (Lipinski definition) is 3. The summed E-state index contributed by atoms with van der Waals surface area (Å²) in [5, 5.41) is 0. The molecule has 0 unspecified atom stereocenters. The molecule has 0 radical (unpaired) electrons. The van der Waals surface area contributed by atoms with Crippen LogP contribution in [0.15, 0.2) is 41.2 Å². The maximum atomic E-state index is 11.8. The minimum Gasteiger partial charge on any atom is -0.493 e. The first-order valence-corrected chi connectivity index (χ1v) is 6.44. The number of aromatic amines is 1. The first-order valence-electron chi connectivity index (χ1n) is 5.81. The van der Waals surface area contributed by atoms with Crippen LogP contribution in [0.5, 0.6) is 5.75 Å². The van der Waals surface area contributed by atoms with E-state index >= 15 is 0 Å². The van der Waals surface area contributed by atoms with Crippen LogP contribution in [0.2, 0.25) is 0 Å². The summed E-state index contributed by atoms with van der Waals surface area (Å²) in [4.78, 5) is 14.6. The SMILES string of the molecule is CCOc1ccccc1-c1ccc(CS)c(=O)[nH]1. The molecule has 0 bridgehead atoms. The highest BCUT2D eigenvalue weighted by molar-refractivity contribution is 7.79. The molecule has 94 valence electrons. The van der Waals surface area contributed by atoms with E-state index in [1.807, 2.05) is 37.3 Å². The minimum atomic E-state index is -0.103. The average molecular weight is 261 g/mol. The molecule has 4 heteroatoms. The van der Waals surface area contributed by atoms with Crippen LogP contribution in [0, 0.1) is 0 Å². The summed E-state index contributed by atoms with van der Waals surface area (Å²) in [6.45, 7) is 2.53. The maximum absolute atomic E-state index is 11.8. The first-order chi connectivity index (χ1) is 8.76. The molecule has 2 rings (SSSR count). The zero-order valence-corrected chi connectivity index (χ0v) is 11.0. The van der Waals surface area contributed by atoms with Gasteiger partial charge in [-0.05, 0) is 25.1 Å². The molecule has 1 N–H and O–H groups in total. The highest BCUT2D eigenvalue weighted by atomic mass is 32.1. The fraction of sp³-hybridized carbons (Fsp3) is 0.214. The second kappa shape index (κ2) is 5.78. The average Bonchev–Trinajstić information content (AvgIpc) is 2.40. The summed E-state index contributed by atoms with van der Waals surface area (Å²) >= 11 is 4.11. The maximum Gasteiger partial charge on any atom is 0.252 e. The van der Waals surface area contributed by atoms with Crippen molar-refractivity contribution < 1.29 is 4.74 Å². The van der Waals surface area contributed by atoms with E-state index in [0.717, 1.165) is 17.0 Å². The Morgan fingerprint density at radius 1 is 1.22 bits per heavy atom. The van der Waals surface area contributed by atoms with E-state index in [0.29, 0.717) is 17.9 Å². The molecule has 0 amide bonds. The van der Waals surface area contributed by atoms with Gasteiger partial charge in [-0.1, -0.05) is 18.2 Å². The number of H-pyrrole nitrogens is 1. The summed E-state index contributed by atoms with van der Waals surface area (Å²) in [5.41, 5.74) is 2.21. The number of ether oxygens (including phenoxy) is 1. The number of aromatic nitrogens is 1. The van der Waals surface area contributed by atoms with Crippen molar-refractivity contribution in [3.63, 3.8) is 0 Å². The molecule has 2 aromatic rings. The molecule has 1 heterocycles. The molecule has 0 aliphatic heterocycles. The summed E-state index contributed by atoms with van der Waals surface area (Å²) < 4.78 is 5.55. The van der Waals surface area contributed by atoms with E-state index in [2.05, 4.69) is 17.6 Å². The Kier molecular flexibility index (Phi) is 4.10. The zero-order valence-electron chi connectivity index (χ0n) is 10.1. The van der Waals surface area contributed by atoms with Crippen LogP contribution >= 0.6 is 12.6 Å². The topological polar surface area (TPSA) is 42.1 Å². The predicted octanol–water partition coefficient (Wildman–Crippen LogP) is 2.87. The quantitative estimate of drug-likeness (QED) is 0.831. The number of nitrogens with one attached hydrogen (secondary N) is 1. The van der Waals surface area contributed by atoms with Gasteiger partial charge in [-0.15, -0.1) is 0 Å². The lowest BCUT2D eigenvalue weighted by molar-refractivity contribution is 0.341. The van der Waals surface area contributed by atoms with Crippen molar-refractivity contribution in [3.8, 4) is 17.0 Å². The number of benzene rings is 1. The molecule has 0 saturated carbocycles. The highest BCUT2D eigenvalue weighted by Gasteiger charge is 2.07. The molecule has 0 aliphatic rings. The predicted molar refractivity (Wildman–Crippen MR) is 76.4 cm³/mol. The van der Waals surface area contributed by atoms with Gasteiger partial charge in [0.15, 0.2) is 0 Å². The lowest BCUT2D eigenvalue weighted by Gasteiger charge is -2.10. The Bertz CT molecular complexity index is 592. The van der Waals surface area contributed by atoms with Crippen molar-refractivity contribution >= 4 is 12.6 Å². The van der Waals surface area contributed by atoms with E-state index < -0.39 is 0 Å². The first kappa shape index (κ1) is 12.8. The Labute approximate surface area is 111 Å². The molecule has 18 heavy (non-hydrogen) atoms. The molecule has 1 aromatic heterocycles. The van der Waals surface area contributed by atoms with Gasteiger partial charge >= 0.3 is 0 Å². The van der Waals surface area contributed by atoms with Gasteiger partial charge in [0.1, 0.15) is 5.75 Å². The summed E-state index contributed by atoms with van der Waals surface area (Å²) in [6, 6.07) is 11.3. The fourth-order valence-electron chi connectivity index (χ4n) is 1.76. The molecule has 3 nitrogen and oxygen atoms in total. The molecule has 0 fully saturated rings. The van der Waals surface area contributed by atoms with E-state index in [1.165, 1.54) is 0 Å². The van der Waals surface area contributed by atoms with Gasteiger partial charge in [0, 0.05) is 16.9 Å². The van der Waals surface area contributed by atoms with E-state index in [1.54, 1.807) is 6.07 Å². The van der Waals surface area contributed by atoms with E-state index in [4.69, 9.17) is 4.74 Å². The van der Waals surface area contributed by atoms with Gasteiger partial charge in [-0.2, -0.15) is 12.6 Å². The molecule has 0 atom stereocenters. The summed E-state index contributed by atoms with van der Waals surface area (Å²) in [7, 11) is 0. The summed E-state index contributed by atoms with van der Waals surface area (Å²) in [6.07, 6.45) is 0. The van der Waals surface area contributed by atoms with Crippen LogP contribution in [0.25, 0.3) is 11.3 Å². The van der Waals surface area contributed by atoms with Gasteiger partial charge in [-0.3, -0.25) is 4.79 Å². The summed E-state index contributed by atoms with van der Waals surface area (Å²) in [5.74, 6) is 1.21. The number of hydrogen-bond donors (Lipinski definition) is 2. The monoisotopic (exact) mass is 261 g/mol. The van der Waals surface area contributed by atoms with Gasteiger partial charge in [0.25, 0.3) is 5.56 Å². The Hall–Kier alpha value is -1.68. The number of pyridine rings is 1. The van der Waals surface area contributed by atoms with E-state index in [9.17, 15) is 4.79 Å². The third-order valence-corrected chi connectivity index (χ3v) is 2.98. The number of para-hydroxylation sites is 1. The van der Waals surface area contributed by atoms with Crippen LogP contribution < -0.4 is 10.3 Å². The van der Waals surface area contributed by atoms with Crippen LogP contribution in [-0.2, 0) is 5.75 Å². The van der Waals surface area contributed by atoms with Crippen molar-refractivity contribution in [1.29, 1.82) is 0 Å². The van der Waals surface area contributed by atoms with Crippen molar-refractivity contribution in [1.82, 2.24) is 4.98 Å². The Morgan fingerprint density at radius 3 is 2.67 bits per heavy atom. The second-order valence-electron chi connectivity index (χ2n) is 3.81. The third-order valence-electron chi connectivity index (χ3n) is 2.64. The smallest absolute Gasteiger partial charge is 0.252 e. The second-order valence-corrected chi connectivity index (χ2v) is 4.13. The molecular weight excluding hydrogens is 246 g/mol. The number of rotatable bonds is 4. The lowest BCUT2D eigenvalue weighted by atomic mass is 10.1. The largest absolute Gasteiger partial charge is 0.493 e. The number of thiol groups is 1. The molecule has 0 spiro atoms. The van der Waals surface area contributed by atoms with Crippen molar-refractivity contribution in [2.45, 2.75) is 12.7 Å². The molecule has 0 saturated heterocycles. The third kappa shape index (κ3) is 2.59. The molecule has 1 aromatic carbocycles. The van der Waals surface area contributed by atoms with Gasteiger partial charge < -0.3 is 9.72 Å². The van der Waals surface area contributed by atoms with Gasteiger partial charge in [0.05, 0.1) is 12.3 Å². The normalized spacial score (nSPS) is 10.3. The fourth-order valence-corrected chi connectivity index (χ4v) is 2.01. The van der Waals surface area contributed by atoms with Crippen LogP contribution in [-0.4, -0.2) is 11.6 Å². The van der Waals surface area contributed by atoms with Crippen molar-refractivity contribution in [2.24, 2.45) is 0 Å². The van der Waals surface area contributed by atoms with Crippen LogP contribution in [0.1, 0.15) is 12.5 Å². The zero-order chi connectivity index (χ0) is 13.0. The van der Waals surface area contributed by atoms with Crippen LogP contribution in [0.4, 0.5) is 0 Å². The van der Waals surface area contributed by atoms with E-state index in [-0.39, 0.29) is 5.56 Å². The Balaban J connectivity index is 2.48. The van der Waals surface area contributed by atoms with Gasteiger partial charge in [-0.25, -0.2) is 0 Å². The lowest BCUT2D eigenvalue weighted by Crippen LogP contribution is -2.11. The minimum absolute atomic E-state index is 0.103.